The summed E-state index contributed by atoms with van der Waals surface area (Å²) in [6, 6.07) is 5.22. The highest BCUT2D eigenvalue weighted by atomic mass is 79.9. The van der Waals surface area contributed by atoms with Crippen LogP contribution in [0, 0.1) is 0 Å². The summed E-state index contributed by atoms with van der Waals surface area (Å²) in [5, 5.41) is 12.4. The summed E-state index contributed by atoms with van der Waals surface area (Å²) in [5.74, 6) is 0.270. The highest BCUT2D eigenvalue weighted by Crippen LogP contribution is 2.28. The van der Waals surface area contributed by atoms with Crippen LogP contribution in [0.15, 0.2) is 22.7 Å². The first kappa shape index (κ1) is 16.9. The largest absolute Gasteiger partial charge is 0.483 e. The second kappa shape index (κ2) is 8.24. The van der Waals surface area contributed by atoms with Crippen molar-refractivity contribution >= 4 is 21.8 Å². The Morgan fingerprint density at radius 2 is 2.15 bits per heavy atom. The van der Waals surface area contributed by atoms with Gasteiger partial charge in [0.15, 0.2) is 6.61 Å². The number of methoxy groups -OCH3 is 1. The average Bonchev–Trinajstić information content (AvgIpc) is 2.37. The van der Waals surface area contributed by atoms with E-state index in [1.165, 1.54) is 0 Å². The molecule has 0 aliphatic heterocycles. The maximum absolute atomic E-state index is 11.7. The fourth-order valence-corrected chi connectivity index (χ4v) is 2.11. The van der Waals surface area contributed by atoms with Crippen LogP contribution < -0.4 is 10.1 Å². The molecule has 1 unspecified atom stereocenters. The topological polar surface area (TPSA) is 67.8 Å². The lowest BCUT2D eigenvalue weighted by atomic mass is 10.1. The molecular weight excluding hydrogens is 326 g/mol. The summed E-state index contributed by atoms with van der Waals surface area (Å²) < 4.78 is 11.2. The fourth-order valence-electron chi connectivity index (χ4n) is 1.73. The number of nitrogens with one attached hydrogen (secondary N) is 1. The Hall–Kier alpha value is -1.11. The SMILES string of the molecule is COCC(C)NC(=O)COc1ccc(Br)cc1[C@H](C)O. The molecule has 0 aromatic heterocycles. The highest BCUT2D eigenvalue weighted by molar-refractivity contribution is 9.10. The minimum atomic E-state index is -0.669. The molecule has 1 rings (SSSR count). The van der Waals surface area contributed by atoms with E-state index in [0.717, 1.165) is 4.47 Å². The number of hydrogen-bond acceptors (Lipinski definition) is 4. The normalized spacial score (nSPS) is 13.7. The minimum absolute atomic E-state index is 0.0720. The number of aliphatic hydroxyl groups is 1. The predicted molar refractivity (Wildman–Crippen MR) is 79.8 cm³/mol. The van der Waals surface area contributed by atoms with Gasteiger partial charge >= 0.3 is 0 Å². The van der Waals surface area contributed by atoms with Gasteiger partial charge in [-0.3, -0.25) is 4.79 Å². The van der Waals surface area contributed by atoms with Crippen molar-refractivity contribution in [2.75, 3.05) is 20.3 Å². The van der Waals surface area contributed by atoms with Crippen LogP contribution in [0.2, 0.25) is 0 Å². The van der Waals surface area contributed by atoms with Crippen molar-refractivity contribution in [3.63, 3.8) is 0 Å². The van der Waals surface area contributed by atoms with Crippen molar-refractivity contribution in [1.82, 2.24) is 5.32 Å². The third-order valence-corrected chi connectivity index (χ3v) is 3.10. The molecule has 0 saturated carbocycles. The van der Waals surface area contributed by atoms with Gasteiger partial charge in [0.05, 0.1) is 12.7 Å². The summed E-state index contributed by atoms with van der Waals surface area (Å²) in [4.78, 5) is 11.7. The summed E-state index contributed by atoms with van der Waals surface area (Å²) in [6.45, 7) is 3.84. The Morgan fingerprint density at radius 3 is 2.75 bits per heavy atom. The molecule has 0 aliphatic rings. The van der Waals surface area contributed by atoms with E-state index < -0.39 is 6.10 Å². The number of amides is 1. The van der Waals surface area contributed by atoms with E-state index in [9.17, 15) is 9.90 Å². The van der Waals surface area contributed by atoms with Crippen molar-refractivity contribution in [3.05, 3.63) is 28.2 Å². The van der Waals surface area contributed by atoms with E-state index in [2.05, 4.69) is 21.2 Å². The first-order chi connectivity index (χ1) is 9.43. The summed E-state index contributed by atoms with van der Waals surface area (Å²) in [6.07, 6.45) is -0.669. The Morgan fingerprint density at radius 1 is 1.45 bits per heavy atom. The maximum atomic E-state index is 11.7. The van der Waals surface area contributed by atoms with Gasteiger partial charge in [0, 0.05) is 23.2 Å². The van der Waals surface area contributed by atoms with Crippen LogP contribution in [-0.4, -0.2) is 37.4 Å². The number of halogens is 1. The lowest BCUT2D eigenvalue weighted by Crippen LogP contribution is -2.38. The molecule has 2 atom stereocenters. The van der Waals surface area contributed by atoms with Gasteiger partial charge in [0.2, 0.25) is 0 Å². The number of carbonyl (C=O) groups is 1. The highest BCUT2D eigenvalue weighted by Gasteiger charge is 2.12. The molecule has 0 heterocycles. The molecule has 1 aromatic rings. The van der Waals surface area contributed by atoms with Crippen LogP contribution in [0.5, 0.6) is 5.75 Å². The van der Waals surface area contributed by atoms with Crippen molar-refractivity contribution in [2.45, 2.75) is 26.0 Å². The lowest BCUT2D eigenvalue weighted by molar-refractivity contribution is -0.124. The molecule has 0 bridgehead atoms. The molecule has 1 aromatic carbocycles. The Labute approximate surface area is 127 Å². The van der Waals surface area contributed by atoms with Crippen LogP contribution in [0.1, 0.15) is 25.5 Å². The number of rotatable bonds is 7. The molecule has 112 valence electrons. The molecule has 0 radical (unpaired) electrons. The zero-order chi connectivity index (χ0) is 15.1. The van der Waals surface area contributed by atoms with Gasteiger partial charge in [0.25, 0.3) is 5.91 Å². The van der Waals surface area contributed by atoms with Gasteiger partial charge < -0.3 is 19.9 Å². The van der Waals surface area contributed by atoms with Crippen LogP contribution in [0.4, 0.5) is 0 Å². The molecule has 1 amide bonds. The van der Waals surface area contributed by atoms with Gasteiger partial charge in [0.1, 0.15) is 5.75 Å². The predicted octanol–water partition coefficient (Wildman–Crippen LogP) is 2.03. The quantitative estimate of drug-likeness (QED) is 0.793. The van der Waals surface area contributed by atoms with Gasteiger partial charge in [-0.1, -0.05) is 15.9 Å². The Balaban J connectivity index is 2.59. The van der Waals surface area contributed by atoms with Gasteiger partial charge in [-0.15, -0.1) is 0 Å². The summed E-state index contributed by atoms with van der Waals surface area (Å²) in [5.41, 5.74) is 0.636. The van der Waals surface area contributed by atoms with E-state index in [-0.39, 0.29) is 18.6 Å². The molecule has 0 aliphatic carbocycles. The van der Waals surface area contributed by atoms with Crippen LogP contribution in [-0.2, 0) is 9.53 Å². The van der Waals surface area contributed by atoms with Crippen LogP contribution >= 0.6 is 15.9 Å². The first-order valence-electron chi connectivity index (χ1n) is 6.32. The number of aliphatic hydroxyl groups excluding tert-OH is 1. The van der Waals surface area contributed by atoms with Crippen LogP contribution in [0.3, 0.4) is 0 Å². The smallest absolute Gasteiger partial charge is 0.258 e. The number of ether oxygens (including phenoxy) is 2. The van der Waals surface area contributed by atoms with E-state index in [1.807, 2.05) is 6.92 Å². The molecule has 2 N–H and O–H groups in total. The van der Waals surface area contributed by atoms with Gasteiger partial charge in [-0.2, -0.15) is 0 Å². The lowest BCUT2D eigenvalue weighted by Gasteiger charge is -2.16. The summed E-state index contributed by atoms with van der Waals surface area (Å²) in [7, 11) is 1.58. The van der Waals surface area contributed by atoms with Crippen molar-refractivity contribution < 1.29 is 19.4 Å². The fraction of sp³-hybridized carbons (Fsp3) is 0.500. The molecule has 5 nitrogen and oxygen atoms in total. The van der Waals surface area contributed by atoms with Crippen molar-refractivity contribution in [3.8, 4) is 5.75 Å². The zero-order valence-corrected chi connectivity index (χ0v) is 13.4. The number of benzene rings is 1. The van der Waals surface area contributed by atoms with E-state index in [4.69, 9.17) is 9.47 Å². The number of hydrogen-bond donors (Lipinski definition) is 2. The van der Waals surface area contributed by atoms with E-state index in [1.54, 1.807) is 32.2 Å². The molecule has 0 fully saturated rings. The second-order valence-corrected chi connectivity index (χ2v) is 5.49. The standard InChI is InChI=1S/C14H20BrNO4/c1-9(7-19-3)16-14(18)8-20-13-5-4-11(15)6-12(13)10(2)17/h4-6,9-10,17H,7-8H2,1-3H3,(H,16,18)/t9?,10-/m0/s1. The van der Waals surface area contributed by atoms with Crippen molar-refractivity contribution in [2.24, 2.45) is 0 Å². The summed E-state index contributed by atoms with van der Waals surface area (Å²) >= 11 is 3.33. The molecule has 0 saturated heterocycles. The van der Waals surface area contributed by atoms with Crippen LogP contribution in [0.25, 0.3) is 0 Å². The van der Waals surface area contributed by atoms with Gasteiger partial charge in [-0.25, -0.2) is 0 Å². The molecule has 20 heavy (non-hydrogen) atoms. The Kier molecular flexibility index (Phi) is 6.98. The van der Waals surface area contributed by atoms with E-state index >= 15 is 0 Å². The second-order valence-electron chi connectivity index (χ2n) is 4.57. The zero-order valence-electron chi connectivity index (χ0n) is 11.9. The molecule has 6 heteroatoms. The van der Waals surface area contributed by atoms with Crippen molar-refractivity contribution in [1.29, 1.82) is 0 Å². The van der Waals surface area contributed by atoms with Gasteiger partial charge in [-0.05, 0) is 32.0 Å². The maximum Gasteiger partial charge on any atom is 0.258 e. The van der Waals surface area contributed by atoms with E-state index in [0.29, 0.717) is 17.9 Å². The first-order valence-corrected chi connectivity index (χ1v) is 7.12. The molecule has 0 spiro atoms. The number of carbonyl (C=O) groups excluding carboxylic acids is 1. The molecular formula is C14H20BrNO4. The average molecular weight is 346 g/mol. The third-order valence-electron chi connectivity index (χ3n) is 2.60. The minimum Gasteiger partial charge on any atom is -0.483 e. The monoisotopic (exact) mass is 345 g/mol. The third kappa shape index (κ3) is 5.48. The Bertz CT molecular complexity index is 451.